The Morgan fingerprint density at radius 1 is 1.26 bits per heavy atom. The zero-order valence-electron chi connectivity index (χ0n) is 15.0. The van der Waals surface area contributed by atoms with Gasteiger partial charge in [0.05, 0.1) is 0 Å². The molecule has 1 aromatic heterocycles. The highest BCUT2D eigenvalue weighted by molar-refractivity contribution is 5.79. The Morgan fingerprint density at radius 3 is 2.61 bits per heavy atom. The average molecular weight is 321 g/mol. The first-order valence-electron chi connectivity index (χ1n) is 8.63. The van der Waals surface area contributed by atoms with Crippen LogP contribution >= 0.6 is 0 Å². The van der Waals surface area contributed by atoms with Gasteiger partial charge < -0.3 is 15.2 Å². The second kappa shape index (κ2) is 8.29. The van der Waals surface area contributed by atoms with E-state index in [9.17, 15) is 0 Å². The van der Waals surface area contributed by atoms with E-state index in [1.54, 1.807) is 6.33 Å². The number of likely N-dealkylation sites (tertiary alicyclic amines) is 1. The molecule has 130 valence electrons. The van der Waals surface area contributed by atoms with E-state index in [1.807, 2.05) is 11.6 Å². The van der Waals surface area contributed by atoms with Crippen molar-refractivity contribution in [3.63, 3.8) is 0 Å². The summed E-state index contributed by atoms with van der Waals surface area (Å²) >= 11 is 0. The molecule has 2 heterocycles. The lowest BCUT2D eigenvalue weighted by Gasteiger charge is -2.41. The minimum atomic E-state index is 0.126. The van der Waals surface area contributed by atoms with Gasteiger partial charge in [-0.25, -0.2) is 4.99 Å². The Kier molecular flexibility index (Phi) is 6.38. The van der Waals surface area contributed by atoms with Crippen LogP contribution < -0.4 is 10.6 Å². The number of hydrogen-bond donors (Lipinski definition) is 2. The number of nitrogens with one attached hydrogen (secondary N) is 2. The molecule has 1 fully saturated rings. The largest absolute Gasteiger partial charge is 0.357 e. The Labute approximate surface area is 139 Å². The average Bonchev–Trinajstić information content (AvgIpc) is 2.96. The fourth-order valence-corrected chi connectivity index (χ4v) is 2.85. The van der Waals surface area contributed by atoms with Gasteiger partial charge in [0.15, 0.2) is 11.8 Å². The first kappa shape index (κ1) is 17.7. The Bertz CT molecular complexity index is 500. The maximum atomic E-state index is 4.62. The number of aryl methyl sites for hydroxylation is 1. The van der Waals surface area contributed by atoms with E-state index in [1.165, 1.54) is 32.4 Å². The van der Waals surface area contributed by atoms with Crippen molar-refractivity contribution in [3.05, 3.63) is 12.2 Å². The van der Waals surface area contributed by atoms with Crippen LogP contribution in [0.15, 0.2) is 11.3 Å². The van der Waals surface area contributed by atoms with Gasteiger partial charge in [-0.2, -0.15) is 0 Å². The number of aromatic nitrogens is 3. The summed E-state index contributed by atoms with van der Waals surface area (Å²) in [6.45, 7) is 11.3. The molecule has 1 aliphatic heterocycles. The lowest BCUT2D eigenvalue weighted by atomic mass is 9.98. The number of rotatable bonds is 6. The molecule has 1 saturated heterocycles. The van der Waals surface area contributed by atoms with Gasteiger partial charge in [-0.05, 0) is 46.7 Å². The summed E-state index contributed by atoms with van der Waals surface area (Å²) in [5.41, 5.74) is 0.126. The van der Waals surface area contributed by atoms with Gasteiger partial charge in [-0.3, -0.25) is 4.90 Å². The van der Waals surface area contributed by atoms with Crippen LogP contribution in [0.2, 0.25) is 0 Å². The quantitative estimate of drug-likeness (QED) is 0.607. The highest BCUT2D eigenvalue weighted by Crippen LogP contribution is 2.19. The minimum Gasteiger partial charge on any atom is -0.357 e. The van der Waals surface area contributed by atoms with Gasteiger partial charge in [0, 0.05) is 25.7 Å². The topological polar surface area (TPSA) is 70.4 Å². The number of guanidine groups is 1. The van der Waals surface area contributed by atoms with Gasteiger partial charge in [0.2, 0.25) is 0 Å². The molecule has 1 aromatic rings. The fourth-order valence-electron chi connectivity index (χ4n) is 2.85. The standard InChI is InChI=1S/C16H31N7/c1-5-17-15(18-11-14-21-20-13-22(14)4)19-12-16(2,3)23-9-7-6-8-10-23/h13H,5-12H2,1-4H3,(H2,17,18,19). The zero-order valence-corrected chi connectivity index (χ0v) is 15.0. The molecule has 0 radical (unpaired) electrons. The molecule has 2 rings (SSSR count). The number of hydrogen-bond acceptors (Lipinski definition) is 4. The van der Waals surface area contributed by atoms with Crippen LogP contribution in [0.25, 0.3) is 0 Å². The maximum Gasteiger partial charge on any atom is 0.191 e. The van der Waals surface area contributed by atoms with Gasteiger partial charge in [-0.1, -0.05) is 6.42 Å². The molecule has 7 heteroatoms. The molecular weight excluding hydrogens is 290 g/mol. The monoisotopic (exact) mass is 321 g/mol. The summed E-state index contributed by atoms with van der Waals surface area (Å²) < 4.78 is 1.89. The van der Waals surface area contributed by atoms with Crippen LogP contribution in [0.5, 0.6) is 0 Å². The summed E-state index contributed by atoms with van der Waals surface area (Å²) in [6, 6.07) is 0. The summed E-state index contributed by atoms with van der Waals surface area (Å²) in [5, 5.41) is 14.7. The van der Waals surface area contributed by atoms with E-state index >= 15 is 0 Å². The molecule has 7 nitrogen and oxygen atoms in total. The molecule has 0 spiro atoms. The van der Waals surface area contributed by atoms with E-state index in [0.29, 0.717) is 6.54 Å². The Morgan fingerprint density at radius 2 is 2.00 bits per heavy atom. The van der Waals surface area contributed by atoms with Crippen molar-refractivity contribution < 1.29 is 0 Å². The van der Waals surface area contributed by atoms with E-state index in [-0.39, 0.29) is 5.54 Å². The van der Waals surface area contributed by atoms with Gasteiger partial charge in [0.1, 0.15) is 12.9 Å². The van der Waals surface area contributed by atoms with Gasteiger partial charge >= 0.3 is 0 Å². The normalized spacial score (nSPS) is 17.3. The number of piperidine rings is 1. The lowest BCUT2D eigenvalue weighted by Crippen LogP contribution is -2.54. The van der Waals surface area contributed by atoms with Crippen molar-refractivity contribution in [2.75, 3.05) is 26.2 Å². The molecule has 2 N–H and O–H groups in total. The lowest BCUT2D eigenvalue weighted by molar-refractivity contribution is 0.0982. The van der Waals surface area contributed by atoms with Crippen molar-refractivity contribution in [2.45, 2.75) is 52.1 Å². The highest BCUT2D eigenvalue weighted by atomic mass is 15.3. The van der Waals surface area contributed by atoms with Crippen LogP contribution in [0, 0.1) is 0 Å². The van der Waals surface area contributed by atoms with E-state index in [4.69, 9.17) is 0 Å². The second-order valence-electron chi connectivity index (χ2n) is 6.77. The maximum absolute atomic E-state index is 4.62. The molecule has 0 atom stereocenters. The first-order valence-corrected chi connectivity index (χ1v) is 8.63. The van der Waals surface area contributed by atoms with Crippen molar-refractivity contribution in [1.29, 1.82) is 0 Å². The molecule has 0 amide bonds. The highest BCUT2D eigenvalue weighted by Gasteiger charge is 2.27. The predicted octanol–water partition coefficient (Wildman–Crippen LogP) is 1.13. The van der Waals surface area contributed by atoms with Crippen molar-refractivity contribution in [3.8, 4) is 0 Å². The number of nitrogens with zero attached hydrogens (tertiary/aromatic N) is 5. The molecule has 1 aliphatic rings. The predicted molar refractivity (Wildman–Crippen MR) is 93.3 cm³/mol. The third-order valence-electron chi connectivity index (χ3n) is 4.43. The minimum absolute atomic E-state index is 0.126. The molecule has 0 saturated carbocycles. The molecule has 0 bridgehead atoms. The summed E-state index contributed by atoms with van der Waals surface area (Å²) in [6.07, 6.45) is 5.68. The number of aliphatic imine (C=N–C) groups is 1. The van der Waals surface area contributed by atoms with Crippen molar-refractivity contribution in [2.24, 2.45) is 12.0 Å². The SMILES string of the molecule is CCNC(=NCc1nncn1C)NCC(C)(C)N1CCCCC1. The summed E-state index contributed by atoms with van der Waals surface area (Å²) in [7, 11) is 1.94. The summed E-state index contributed by atoms with van der Waals surface area (Å²) in [5.74, 6) is 1.69. The smallest absolute Gasteiger partial charge is 0.191 e. The summed E-state index contributed by atoms with van der Waals surface area (Å²) in [4.78, 5) is 7.20. The van der Waals surface area contributed by atoms with Crippen LogP contribution in [-0.2, 0) is 13.6 Å². The molecule has 23 heavy (non-hydrogen) atoms. The zero-order chi connectivity index (χ0) is 16.7. The molecule has 0 aliphatic carbocycles. The first-order chi connectivity index (χ1) is 11.0. The third-order valence-corrected chi connectivity index (χ3v) is 4.43. The van der Waals surface area contributed by atoms with Gasteiger partial charge in [0.25, 0.3) is 0 Å². The Balaban J connectivity index is 1.91. The van der Waals surface area contributed by atoms with E-state index in [0.717, 1.165) is 24.9 Å². The Hall–Kier alpha value is -1.63. The van der Waals surface area contributed by atoms with Crippen molar-refractivity contribution >= 4 is 5.96 Å². The van der Waals surface area contributed by atoms with Crippen molar-refractivity contribution in [1.82, 2.24) is 30.3 Å². The van der Waals surface area contributed by atoms with Gasteiger partial charge in [-0.15, -0.1) is 10.2 Å². The van der Waals surface area contributed by atoms with Crippen LogP contribution in [-0.4, -0.2) is 57.3 Å². The molecule has 0 unspecified atom stereocenters. The van der Waals surface area contributed by atoms with E-state index in [2.05, 4.69) is 51.5 Å². The second-order valence-corrected chi connectivity index (χ2v) is 6.77. The van der Waals surface area contributed by atoms with Crippen LogP contribution in [0.4, 0.5) is 0 Å². The third kappa shape index (κ3) is 5.20. The van der Waals surface area contributed by atoms with Crippen LogP contribution in [0.1, 0.15) is 45.9 Å². The molecule has 0 aromatic carbocycles. The van der Waals surface area contributed by atoms with E-state index < -0.39 is 0 Å². The molecular formula is C16H31N7. The fraction of sp³-hybridized carbons (Fsp3) is 0.812. The van der Waals surface area contributed by atoms with Crippen LogP contribution in [0.3, 0.4) is 0 Å².